The molecule has 4 heterocycles. The summed E-state index contributed by atoms with van der Waals surface area (Å²) in [6.45, 7) is 3.95. The highest BCUT2D eigenvalue weighted by molar-refractivity contribution is 7.09. The Morgan fingerprint density at radius 2 is 1.82 bits per heavy atom. The van der Waals surface area contributed by atoms with Crippen LogP contribution in [0.3, 0.4) is 0 Å². The van der Waals surface area contributed by atoms with E-state index in [1.807, 2.05) is 24.0 Å². The summed E-state index contributed by atoms with van der Waals surface area (Å²) in [4.78, 5) is 13.6. The molecule has 2 aliphatic heterocycles. The third kappa shape index (κ3) is 2.97. The minimum absolute atomic E-state index is 0.0787. The summed E-state index contributed by atoms with van der Waals surface area (Å²) in [6.07, 6.45) is 5.57. The second-order valence-electron chi connectivity index (χ2n) is 7.80. The van der Waals surface area contributed by atoms with Crippen molar-refractivity contribution in [1.82, 2.24) is 19.8 Å². The van der Waals surface area contributed by atoms with Gasteiger partial charge in [-0.3, -0.25) is 14.8 Å². The number of thiazole rings is 1. The Morgan fingerprint density at radius 1 is 1.04 bits per heavy atom. The molecular formula is C22H24N4OS. The molecular weight excluding hydrogens is 368 g/mol. The first kappa shape index (κ1) is 17.9. The molecule has 6 heteroatoms. The highest BCUT2D eigenvalue weighted by atomic mass is 32.1. The second kappa shape index (κ2) is 7.37. The number of hydrogen-bond donors (Lipinski definition) is 1. The van der Waals surface area contributed by atoms with Gasteiger partial charge in [0.2, 0.25) is 0 Å². The van der Waals surface area contributed by atoms with Crippen LogP contribution in [-0.2, 0) is 13.1 Å². The molecule has 2 atom stereocenters. The lowest BCUT2D eigenvalue weighted by atomic mass is 9.60. The van der Waals surface area contributed by atoms with Crippen LogP contribution < -0.4 is 0 Å². The van der Waals surface area contributed by atoms with Gasteiger partial charge in [-0.05, 0) is 23.3 Å². The summed E-state index contributed by atoms with van der Waals surface area (Å²) >= 11 is 1.72. The van der Waals surface area contributed by atoms with E-state index in [4.69, 9.17) is 0 Å². The van der Waals surface area contributed by atoms with Gasteiger partial charge in [-0.25, -0.2) is 4.98 Å². The molecule has 2 aromatic heterocycles. The zero-order valence-electron chi connectivity index (χ0n) is 15.7. The van der Waals surface area contributed by atoms with Crippen molar-refractivity contribution in [3.05, 3.63) is 82.6 Å². The third-order valence-corrected chi connectivity index (χ3v) is 6.99. The lowest BCUT2D eigenvalue weighted by Gasteiger charge is -2.71. The number of aliphatic hydroxyl groups excluding tert-OH is 1. The Hall–Kier alpha value is -2.12. The molecule has 1 spiro atoms. The zero-order valence-corrected chi connectivity index (χ0v) is 16.5. The summed E-state index contributed by atoms with van der Waals surface area (Å²) in [5.74, 6) is 0.355. The summed E-state index contributed by atoms with van der Waals surface area (Å²) in [5.41, 5.74) is 2.66. The van der Waals surface area contributed by atoms with Crippen LogP contribution in [0.15, 0.2) is 66.4 Å². The first-order chi connectivity index (χ1) is 13.8. The summed E-state index contributed by atoms with van der Waals surface area (Å²) < 4.78 is 0. The molecule has 0 unspecified atom stereocenters. The van der Waals surface area contributed by atoms with Crippen molar-refractivity contribution in [2.45, 2.75) is 30.6 Å². The van der Waals surface area contributed by atoms with Gasteiger partial charge in [0.25, 0.3) is 0 Å². The van der Waals surface area contributed by atoms with E-state index >= 15 is 0 Å². The van der Waals surface area contributed by atoms with E-state index in [1.54, 1.807) is 11.3 Å². The van der Waals surface area contributed by atoms with Crippen LogP contribution in [0, 0.1) is 0 Å². The Bertz CT molecular complexity index is 897. The van der Waals surface area contributed by atoms with E-state index in [-0.39, 0.29) is 18.2 Å². The van der Waals surface area contributed by atoms with Crippen molar-refractivity contribution in [2.24, 2.45) is 0 Å². The molecule has 1 N–H and O–H groups in total. The van der Waals surface area contributed by atoms with Crippen molar-refractivity contribution < 1.29 is 5.11 Å². The first-order valence-corrected chi connectivity index (χ1v) is 10.6. The van der Waals surface area contributed by atoms with E-state index < -0.39 is 0 Å². The number of nitrogens with zero attached hydrogens (tertiary/aromatic N) is 4. The Labute approximate surface area is 169 Å². The number of hydrogen-bond acceptors (Lipinski definition) is 6. The smallest absolute Gasteiger partial charge is 0.107 e. The summed E-state index contributed by atoms with van der Waals surface area (Å²) in [6, 6.07) is 15.0. The molecule has 0 aliphatic carbocycles. The van der Waals surface area contributed by atoms with Crippen LogP contribution in [-0.4, -0.2) is 56.2 Å². The van der Waals surface area contributed by atoms with Crippen LogP contribution in [0.1, 0.15) is 22.1 Å². The molecule has 28 heavy (non-hydrogen) atoms. The maximum atomic E-state index is 10.2. The van der Waals surface area contributed by atoms with Crippen molar-refractivity contribution >= 4 is 11.3 Å². The minimum atomic E-state index is 0.0787. The maximum Gasteiger partial charge on any atom is 0.107 e. The average molecular weight is 393 g/mol. The fraction of sp³-hybridized carbons (Fsp3) is 0.364. The SMILES string of the molecule is OC[C@H]1[C@@H](c2ccccc2)C2(CN(Cc3nccs3)C2)N1Cc1ccncc1. The number of benzene rings is 1. The van der Waals surface area contributed by atoms with Crippen LogP contribution in [0.2, 0.25) is 0 Å². The zero-order chi connectivity index (χ0) is 19.0. The molecule has 2 saturated heterocycles. The standard InChI is InChI=1S/C22H24N4OS/c27-14-19-21(18-4-2-1-3-5-18)22(26(19)12-17-6-8-23-9-7-17)15-25(16-22)13-20-24-10-11-28-20/h1-11,19,21,27H,12-16H2/t19-,21+/m0/s1. The highest BCUT2D eigenvalue weighted by Crippen LogP contribution is 2.54. The number of aromatic nitrogens is 2. The van der Waals surface area contributed by atoms with Gasteiger partial charge in [0.1, 0.15) is 5.01 Å². The third-order valence-electron chi connectivity index (χ3n) is 6.22. The monoisotopic (exact) mass is 392 g/mol. The lowest BCUT2D eigenvalue weighted by Crippen LogP contribution is -2.83. The van der Waals surface area contributed by atoms with E-state index in [0.717, 1.165) is 26.2 Å². The van der Waals surface area contributed by atoms with Crippen molar-refractivity contribution in [1.29, 1.82) is 0 Å². The van der Waals surface area contributed by atoms with Gasteiger partial charge in [-0.15, -0.1) is 11.3 Å². The average Bonchev–Trinajstić information content (AvgIpc) is 3.21. The Balaban J connectivity index is 1.41. The van der Waals surface area contributed by atoms with Gasteiger partial charge in [0.05, 0.1) is 18.7 Å². The topological polar surface area (TPSA) is 52.5 Å². The molecule has 2 aliphatic rings. The van der Waals surface area contributed by atoms with Gasteiger partial charge < -0.3 is 5.11 Å². The number of aliphatic hydroxyl groups is 1. The van der Waals surface area contributed by atoms with Gasteiger partial charge >= 0.3 is 0 Å². The molecule has 2 fully saturated rings. The molecule has 0 radical (unpaired) electrons. The minimum Gasteiger partial charge on any atom is -0.395 e. The van der Waals surface area contributed by atoms with E-state index in [0.29, 0.717) is 5.92 Å². The lowest BCUT2D eigenvalue weighted by molar-refractivity contribution is -0.197. The quantitative estimate of drug-likeness (QED) is 0.699. The summed E-state index contributed by atoms with van der Waals surface area (Å²) in [5, 5.41) is 13.4. The van der Waals surface area contributed by atoms with Crippen molar-refractivity contribution in [2.75, 3.05) is 19.7 Å². The fourth-order valence-corrected chi connectivity index (χ4v) is 5.72. The highest BCUT2D eigenvalue weighted by Gasteiger charge is 2.65. The van der Waals surface area contributed by atoms with E-state index in [9.17, 15) is 5.11 Å². The predicted octanol–water partition coefficient (Wildman–Crippen LogP) is 2.75. The first-order valence-electron chi connectivity index (χ1n) is 9.72. The molecule has 3 aromatic rings. The molecule has 0 saturated carbocycles. The van der Waals surface area contributed by atoms with E-state index in [1.165, 1.54) is 16.1 Å². The van der Waals surface area contributed by atoms with Gasteiger partial charge in [-0.2, -0.15) is 0 Å². The number of pyridine rings is 1. The van der Waals surface area contributed by atoms with E-state index in [2.05, 4.69) is 62.2 Å². The molecule has 0 bridgehead atoms. The Morgan fingerprint density at radius 3 is 2.50 bits per heavy atom. The molecule has 0 amide bonds. The normalized spacial score (nSPS) is 24.0. The van der Waals surface area contributed by atoms with Crippen LogP contribution in [0.4, 0.5) is 0 Å². The molecule has 5 nitrogen and oxygen atoms in total. The van der Waals surface area contributed by atoms with Gasteiger partial charge in [-0.1, -0.05) is 30.3 Å². The maximum absolute atomic E-state index is 10.2. The fourth-order valence-electron chi connectivity index (χ4n) is 5.06. The largest absolute Gasteiger partial charge is 0.395 e. The molecule has 5 rings (SSSR count). The van der Waals surface area contributed by atoms with Crippen LogP contribution >= 0.6 is 11.3 Å². The van der Waals surface area contributed by atoms with Gasteiger partial charge in [0.15, 0.2) is 0 Å². The molecule has 1 aromatic carbocycles. The van der Waals surface area contributed by atoms with Crippen molar-refractivity contribution in [3.63, 3.8) is 0 Å². The van der Waals surface area contributed by atoms with Crippen LogP contribution in [0.25, 0.3) is 0 Å². The van der Waals surface area contributed by atoms with Gasteiger partial charge in [0, 0.05) is 55.6 Å². The number of rotatable bonds is 6. The predicted molar refractivity (Wildman–Crippen MR) is 110 cm³/mol. The summed E-state index contributed by atoms with van der Waals surface area (Å²) in [7, 11) is 0. The number of likely N-dealkylation sites (tertiary alicyclic amines) is 2. The second-order valence-corrected chi connectivity index (χ2v) is 8.78. The van der Waals surface area contributed by atoms with Crippen molar-refractivity contribution in [3.8, 4) is 0 Å². The Kier molecular flexibility index (Phi) is 4.72. The molecule has 144 valence electrons. The van der Waals surface area contributed by atoms with Crippen LogP contribution in [0.5, 0.6) is 0 Å².